The van der Waals surface area contributed by atoms with Crippen LogP contribution < -0.4 is 10.6 Å². The molecule has 0 aromatic carbocycles. The molecular formula is C14H23N3S. The summed E-state index contributed by atoms with van der Waals surface area (Å²) in [5.74, 6) is 3.49. The van der Waals surface area contributed by atoms with Gasteiger partial charge in [-0.25, -0.2) is 4.98 Å². The third-order valence-corrected chi connectivity index (χ3v) is 4.15. The van der Waals surface area contributed by atoms with Crippen LogP contribution in [0.2, 0.25) is 0 Å². The summed E-state index contributed by atoms with van der Waals surface area (Å²) in [6.07, 6.45) is 0. The van der Waals surface area contributed by atoms with Crippen molar-refractivity contribution in [2.75, 3.05) is 29.5 Å². The molecule has 18 heavy (non-hydrogen) atoms. The molecule has 1 aromatic heterocycles. The predicted molar refractivity (Wildman–Crippen MR) is 80.4 cm³/mol. The fourth-order valence-corrected chi connectivity index (χ4v) is 2.93. The maximum atomic E-state index is 5.81. The van der Waals surface area contributed by atoms with E-state index in [1.165, 1.54) is 17.1 Å². The summed E-state index contributed by atoms with van der Waals surface area (Å²) in [5.41, 5.74) is 8.21. The highest BCUT2D eigenvalue weighted by Gasteiger charge is 2.19. The summed E-state index contributed by atoms with van der Waals surface area (Å²) >= 11 is 2.02. The summed E-state index contributed by atoms with van der Waals surface area (Å²) in [6.45, 7) is 9.37. The van der Waals surface area contributed by atoms with Gasteiger partial charge in [-0.15, -0.1) is 0 Å². The number of hydrogen-bond acceptors (Lipinski definition) is 4. The molecule has 0 atom stereocenters. The SMILES string of the molecule is CC(C)(C)c1cc(CN)cc(N2CCSCC2)n1. The molecule has 1 aromatic rings. The van der Waals surface area contributed by atoms with E-state index in [9.17, 15) is 0 Å². The lowest BCUT2D eigenvalue weighted by Crippen LogP contribution is -2.33. The Labute approximate surface area is 114 Å². The largest absolute Gasteiger partial charge is 0.355 e. The van der Waals surface area contributed by atoms with E-state index in [4.69, 9.17) is 10.7 Å². The van der Waals surface area contributed by atoms with E-state index in [2.05, 4.69) is 37.8 Å². The second-order valence-electron chi connectivity index (χ2n) is 5.77. The lowest BCUT2D eigenvalue weighted by molar-refractivity contribution is 0.566. The normalized spacial score (nSPS) is 17.0. The first-order chi connectivity index (χ1) is 8.50. The minimum Gasteiger partial charge on any atom is -0.355 e. The molecule has 1 aliphatic rings. The number of pyridine rings is 1. The first-order valence-corrected chi connectivity index (χ1v) is 7.70. The Kier molecular flexibility index (Phi) is 4.17. The van der Waals surface area contributed by atoms with Gasteiger partial charge in [-0.1, -0.05) is 20.8 Å². The van der Waals surface area contributed by atoms with Gasteiger partial charge in [0.05, 0.1) is 0 Å². The molecule has 3 nitrogen and oxygen atoms in total. The molecule has 100 valence electrons. The molecule has 2 N–H and O–H groups in total. The highest BCUT2D eigenvalue weighted by Crippen LogP contribution is 2.26. The highest BCUT2D eigenvalue weighted by molar-refractivity contribution is 7.99. The van der Waals surface area contributed by atoms with E-state index in [-0.39, 0.29) is 5.41 Å². The second kappa shape index (κ2) is 5.49. The number of nitrogens with two attached hydrogens (primary N) is 1. The Morgan fingerprint density at radius 2 is 1.94 bits per heavy atom. The molecule has 0 unspecified atom stereocenters. The Morgan fingerprint density at radius 3 is 2.50 bits per heavy atom. The Hall–Kier alpha value is -0.740. The first kappa shape index (κ1) is 13.7. The Balaban J connectivity index is 2.34. The number of hydrogen-bond donors (Lipinski definition) is 1. The van der Waals surface area contributed by atoms with Crippen LogP contribution in [0.5, 0.6) is 0 Å². The molecule has 0 bridgehead atoms. The monoisotopic (exact) mass is 265 g/mol. The standard InChI is InChI=1S/C14H23N3S/c1-14(2,3)12-8-11(10-15)9-13(16-12)17-4-6-18-7-5-17/h8-9H,4-7,10,15H2,1-3H3. The average Bonchev–Trinajstić information content (AvgIpc) is 2.38. The van der Waals surface area contributed by atoms with Crippen LogP contribution in [0, 0.1) is 0 Å². The second-order valence-corrected chi connectivity index (χ2v) is 7.00. The lowest BCUT2D eigenvalue weighted by atomic mass is 9.90. The molecule has 2 heterocycles. The van der Waals surface area contributed by atoms with Crippen molar-refractivity contribution in [3.05, 3.63) is 23.4 Å². The minimum atomic E-state index is 0.0739. The van der Waals surface area contributed by atoms with Gasteiger partial charge in [-0.05, 0) is 17.7 Å². The molecule has 0 spiro atoms. The number of aromatic nitrogens is 1. The molecule has 1 aliphatic heterocycles. The van der Waals surface area contributed by atoms with Crippen molar-refractivity contribution >= 4 is 17.6 Å². The van der Waals surface area contributed by atoms with E-state index in [0.29, 0.717) is 6.54 Å². The van der Waals surface area contributed by atoms with E-state index >= 15 is 0 Å². The molecule has 1 saturated heterocycles. The van der Waals surface area contributed by atoms with Crippen LogP contribution in [0.3, 0.4) is 0 Å². The summed E-state index contributed by atoms with van der Waals surface area (Å²) in [6, 6.07) is 4.29. The maximum Gasteiger partial charge on any atom is 0.129 e. The molecular weight excluding hydrogens is 242 g/mol. The zero-order valence-electron chi connectivity index (χ0n) is 11.6. The van der Waals surface area contributed by atoms with Crippen molar-refractivity contribution in [2.45, 2.75) is 32.7 Å². The predicted octanol–water partition coefficient (Wildman–Crippen LogP) is 2.39. The van der Waals surface area contributed by atoms with Crippen LogP contribution in [-0.4, -0.2) is 29.6 Å². The molecule has 0 radical (unpaired) electrons. The average molecular weight is 265 g/mol. The van der Waals surface area contributed by atoms with E-state index in [1.54, 1.807) is 0 Å². The molecule has 1 fully saturated rings. The first-order valence-electron chi connectivity index (χ1n) is 6.55. The number of anilines is 1. The number of nitrogens with zero attached hydrogens (tertiary/aromatic N) is 2. The van der Waals surface area contributed by atoms with Crippen LogP contribution in [0.4, 0.5) is 5.82 Å². The maximum absolute atomic E-state index is 5.81. The van der Waals surface area contributed by atoms with Crippen LogP contribution in [-0.2, 0) is 12.0 Å². The van der Waals surface area contributed by atoms with Crippen LogP contribution in [0.1, 0.15) is 32.0 Å². The van der Waals surface area contributed by atoms with Gasteiger partial charge >= 0.3 is 0 Å². The van der Waals surface area contributed by atoms with Gasteiger partial charge in [-0.3, -0.25) is 0 Å². The van der Waals surface area contributed by atoms with Gasteiger partial charge in [0.2, 0.25) is 0 Å². The van der Waals surface area contributed by atoms with Crippen molar-refractivity contribution in [1.82, 2.24) is 4.98 Å². The summed E-state index contributed by atoms with van der Waals surface area (Å²) in [7, 11) is 0. The van der Waals surface area contributed by atoms with Gasteiger partial charge in [0.15, 0.2) is 0 Å². The molecule has 0 aliphatic carbocycles. The molecule has 4 heteroatoms. The summed E-state index contributed by atoms with van der Waals surface area (Å²) < 4.78 is 0. The topological polar surface area (TPSA) is 42.1 Å². The van der Waals surface area contributed by atoms with Gasteiger partial charge in [0.25, 0.3) is 0 Å². The smallest absolute Gasteiger partial charge is 0.129 e. The van der Waals surface area contributed by atoms with E-state index in [0.717, 1.165) is 24.6 Å². The van der Waals surface area contributed by atoms with Crippen LogP contribution >= 0.6 is 11.8 Å². The molecule has 0 amide bonds. The Bertz CT molecular complexity index is 406. The van der Waals surface area contributed by atoms with Gasteiger partial charge in [0, 0.05) is 42.2 Å². The van der Waals surface area contributed by atoms with Crippen LogP contribution in [0.25, 0.3) is 0 Å². The summed E-state index contributed by atoms with van der Waals surface area (Å²) in [4.78, 5) is 7.22. The number of thioether (sulfide) groups is 1. The molecule has 0 saturated carbocycles. The van der Waals surface area contributed by atoms with Gasteiger partial charge in [-0.2, -0.15) is 11.8 Å². The van der Waals surface area contributed by atoms with Gasteiger partial charge < -0.3 is 10.6 Å². The third kappa shape index (κ3) is 3.18. The van der Waals surface area contributed by atoms with Crippen molar-refractivity contribution < 1.29 is 0 Å². The third-order valence-electron chi connectivity index (χ3n) is 3.21. The Morgan fingerprint density at radius 1 is 1.28 bits per heavy atom. The zero-order chi connectivity index (χ0) is 13.2. The number of rotatable bonds is 2. The van der Waals surface area contributed by atoms with E-state index < -0.39 is 0 Å². The van der Waals surface area contributed by atoms with Crippen molar-refractivity contribution in [3.8, 4) is 0 Å². The van der Waals surface area contributed by atoms with Crippen LogP contribution in [0.15, 0.2) is 12.1 Å². The van der Waals surface area contributed by atoms with Crippen molar-refractivity contribution in [2.24, 2.45) is 5.73 Å². The highest BCUT2D eigenvalue weighted by atomic mass is 32.2. The zero-order valence-corrected chi connectivity index (χ0v) is 12.4. The lowest BCUT2D eigenvalue weighted by Gasteiger charge is -2.29. The van der Waals surface area contributed by atoms with E-state index in [1.807, 2.05) is 11.8 Å². The van der Waals surface area contributed by atoms with Crippen molar-refractivity contribution in [3.63, 3.8) is 0 Å². The quantitative estimate of drug-likeness (QED) is 0.891. The van der Waals surface area contributed by atoms with Gasteiger partial charge in [0.1, 0.15) is 5.82 Å². The summed E-state index contributed by atoms with van der Waals surface area (Å²) in [5, 5.41) is 0. The fraction of sp³-hybridized carbons (Fsp3) is 0.643. The molecule has 2 rings (SSSR count). The fourth-order valence-electron chi connectivity index (χ4n) is 2.03. The van der Waals surface area contributed by atoms with Crippen molar-refractivity contribution in [1.29, 1.82) is 0 Å². The minimum absolute atomic E-state index is 0.0739.